The Morgan fingerprint density at radius 2 is 2.12 bits per heavy atom. The highest BCUT2D eigenvalue weighted by Gasteiger charge is 2.44. The van der Waals surface area contributed by atoms with Crippen molar-refractivity contribution in [2.45, 2.75) is 37.9 Å². The molecule has 1 aliphatic heterocycles. The number of aromatic amines is 1. The SMILES string of the molecule is CCOc1cc(CCNc2ncnc3c2ncn3[C@@H]2O[C@H](CO)[C@@H](O)[C@H]2O)c2[nH]c(=S)sc2c1. The maximum Gasteiger partial charge on any atom is 0.167 e. The summed E-state index contributed by atoms with van der Waals surface area (Å²) in [5.41, 5.74) is 3.02. The molecular formula is C21H24N6O5S2. The van der Waals surface area contributed by atoms with E-state index in [9.17, 15) is 15.3 Å². The number of ether oxygens (including phenoxy) is 2. The molecule has 1 saturated heterocycles. The third kappa shape index (κ3) is 4.15. The van der Waals surface area contributed by atoms with Gasteiger partial charge in [-0.15, -0.1) is 11.3 Å². The minimum atomic E-state index is -1.22. The molecule has 4 aromatic rings. The quantitative estimate of drug-likeness (QED) is 0.225. The van der Waals surface area contributed by atoms with Gasteiger partial charge in [0.2, 0.25) is 0 Å². The minimum absolute atomic E-state index is 0.407. The summed E-state index contributed by atoms with van der Waals surface area (Å²) in [5.74, 6) is 1.34. The minimum Gasteiger partial charge on any atom is -0.494 e. The first-order valence-corrected chi connectivity index (χ1v) is 12.0. The van der Waals surface area contributed by atoms with Crippen LogP contribution in [-0.4, -0.2) is 77.9 Å². The zero-order valence-corrected chi connectivity index (χ0v) is 19.8. The van der Waals surface area contributed by atoms with Gasteiger partial charge >= 0.3 is 0 Å². The fraction of sp³-hybridized carbons (Fsp3) is 0.429. The van der Waals surface area contributed by atoms with Crippen LogP contribution in [0, 0.1) is 3.95 Å². The number of nitrogens with zero attached hydrogens (tertiary/aromatic N) is 4. The Bertz CT molecular complexity index is 1370. The molecule has 4 atom stereocenters. The monoisotopic (exact) mass is 504 g/mol. The first kappa shape index (κ1) is 23.1. The number of fused-ring (bicyclic) bond motifs is 2. The summed E-state index contributed by atoms with van der Waals surface area (Å²) in [6.45, 7) is 2.68. The van der Waals surface area contributed by atoms with Crippen molar-refractivity contribution in [3.63, 3.8) is 0 Å². The van der Waals surface area contributed by atoms with Crippen LogP contribution >= 0.6 is 23.6 Å². The smallest absolute Gasteiger partial charge is 0.167 e. The number of aliphatic hydroxyl groups is 3. The number of hydrogen-bond donors (Lipinski definition) is 5. The summed E-state index contributed by atoms with van der Waals surface area (Å²) in [4.78, 5) is 16.3. The average molecular weight is 505 g/mol. The molecule has 34 heavy (non-hydrogen) atoms. The van der Waals surface area contributed by atoms with E-state index in [0.29, 0.717) is 40.5 Å². The highest BCUT2D eigenvalue weighted by Crippen LogP contribution is 2.32. The number of aromatic nitrogens is 5. The second kappa shape index (κ2) is 9.52. The highest BCUT2D eigenvalue weighted by atomic mass is 32.1. The predicted octanol–water partition coefficient (Wildman–Crippen LogP) is 1.76. The van der Waals surface area contributed by atoms with Crippen LogP contribution in [0.4, 0.5) is 5.82 Å². The molecule has 4 heterocycles. The summed E-state index contributed by atoms with van der Waals surface area (Å²) >= 11 is 6.84. The molecule has 1 fully saturated rings. The third-order valence-corrected chi connectivity index (χ3v) is 6.92. The molecule has 3 aromatic heterocycles. The molecule has 13 heteroatoms. The van der Waals surface area contributed by atoms with Crippen molar-refractivity contribution in [3.8, 4) is 5.75 Å². The Hall–Kier alpha value is -2.68. The van der Waals surface area contributed by atoms with E-state index in [1.54, 1.807) is 0 Å². The van der Waals surface area contributed by atoms with Gasteiger partial charge in [0.15, 0.2) is 27.2 Å². The van der Waals surface area contributed by atoms with Crippen LogP contribution in [0.15, 0.2) is 24.8 Å². The Labute approximate surface area is 203 Å². The number of benzene rings is 1. The first-order chi connectivity index (χ1) is 16.5. The first-order valence-electron chi connectivity index (χ1n) is 10.8. The van der Waals surface area contributed by atoms with Gasteiger partial charge in [-0.05, 0) is 43.3 Å². The molecule has 5 N–H and O–H groups in total. The lowest BCUT2D eigenvalue weighted by Crippen LogP contribution is -2.33. The van der Waals surface area contributed by atoms with E-state index in [1.165, 1.54) is 28.6 Å². The van der Waals surface area contributed by atoms with Crippen molar-refractivity contribution in [1.29, 1.82) is 0 Å². The lowest BCUT2D eigenvalue weighted by atomic mass is 10.1. The molecule has 1 aliphatic rings. The number of imidazole rings is 1. The number of anilines is 1. The fourth-order valence-electron chi connectivity index (χ4n) is 4.14. The van der Waals surface area contributed by atoms with E-state index in [4.69, 9.17) is 21.7 Å². The van der Waals surface area contributed by atoms with Gasteiger partial charge < -0.3 is 35.1 Å². The van der Waals surface area contributed by atoms with Crippen molar-refractivity contribution in [3.05, 3.63) is 34.3 Å². The number of thiazole rings is 1. The van der Waals surface area contributed by atoms with Crippen LogP contribution in [-0.2, 0) is 11.2 Å². The molecule has 1 aromatic carbocycles. The Balaban J connectivity index is 1.36. The molecule has 0 unspecified atom stereocenters. The second-order valence-electron chi connectivity index (χ2n) is 7.86. The number of H-pyrrole nitrogens is 1. The zero-order chi connectivity index (χ0) is 23.8. The summed E-state index contributed by atoms with van der Waals surface area (Å²) in [5, 5.41) is 33.1. The van der Waals surface area contributed by atoms with Gasteiger partial charge in [-0.25, -0.2) is 15.0 Å². The van der Waals surface area contributed by atoms with Crippen LogP contribution in [0.25, 0.3) is 21.4 Å². The van der Waals surface area contributed by atoms with Crippen LogP contribution < -0.4 is 10.1 Å². The number of aliphatic hydroxyl groups excluding tert-OH is 3. The Morgan fingerprint density at radius 1 is 1.26 bits per heavy atom. The van der Waals surface area contributed by atoms with Gasteiger partial charge in [-0.1, -0.05) is 0 Å². The van der Waals surface area contributed by atoms with Gasteiger partial charge in [0.1, 0.15) is 30.4 Å². The largest absolute Gasteiger partial charge is 0.494 e. The molecule has 0 radical (unpaired) electrons. The topological polar surface area (TPSA) is 151 Å². The van der Waals surface area contributed by atoms with Crippen molar-refractivity contribution in [2.24, 2.45) is 0 Å². The van der Waals surface area contributed by atoms with Gasteiger partial charge in [0, 0.05) is 6.54 Å². The van der Waals surface area contributed by atoms with Crippen LogP contribution in [0.2, 0.25) is 0 Å². The summed E-state index contributed by atoms with van der Waals surface area (Å²) in [7, 11) is 0. The maximum atomic E-state index is 10.4. The standard InChI is InChI=1S/C21H24N6O5S2/c1-2-31-11-5-10(14-13(6-11)34-21(33)26-14)3-4-22-18-15-19(24-8-23-18)27(9-25-15)20-17(30)16(29)12(7-28)32-20/h5-6,8-9,12,16-17,20,28-30H,2-4,7H2,1H3,(H,26,33)(H,22,23,24)/t12-,16-,17-,20-/m1/s1. The van der Waals surface area contributed by atoms with Gasteiger partial charge in [-0.3, -0.25) is 4.57 Å². The Morgan fingerprint density at radius 3 is 2.88 bits per heavy atom. The normalized spacial score (nSPS) is 22.6. The number of hydrogen-bond acceptors (Lipinski definition) is 11. The average Bonchev–Trinajstić information content (AvgIpc) is 3.50. The van der Waals surface area contributed by atoms with Crippen LogP contribution in [0.5, 0.6) is 5.75 Å². The molecule has 0 aliphatic carbocycles. The van der Waals surface area contributed by atoms with E-state index in [-0.39, 0.29) is 0 Å². The molecule has 0 spiro atoms. The second-order valence-corrected chi connectivity index (χ2v) is 9.57. The van der Waals surface area contributed by atoms with Crippen molar-refractivity contribution >= 4 is 50.8 Å². The predicted molar refractivity (Wildman–Crippen MR) is 129 cm³/mol. The molecule has 0 saturated carbocycles. The van der Waals surface area contributed by atoms with Gasteiger partial charge in [0.25, 0.3) is 0 Å². The van der Waals surface area contributed by atoms with E-state index in [1.807, 2.05) is 19.1 Å². The van der Waals surface area contributed by atoms with Crippen LogP contribution in [0.3, 0.4) is 0 Å². The summed E-state index contributed by atoms with van der Waals surface area (Å²) in [6.07, 6.45) is -0.681. The van der Waals surface area contributed by atoms with E-state index in [2.05, 4.69) is 25.3 Å². The fourth-order valence-corrected chi connectivity index (χ4v) is 5.32. The molecule has 0 amide bonds. The summed E-state index contributed by atoms with van der Waals surface area (Å²) < 4.78 is 14.6. The molecule has 11 nitrogen and oxygen atoms in total. The Kier molecular flexibility index (Phi) is 6.46. The number of nitrogens with one attached hydrogen (secondary N) is 2. The van der Waals surface area contributed by atoms with Crippen molar-refractivity contribution in [2.75, 3.05) is 25.1 Å². The van der Waals surface area contributed by atoms with E-state index >= 15 is 0 Å². The van der Waals surface area contributed by atoms with Gasteiger partial charge in [-0.2, -0.15) is 0 Å². The molecule has 0 bridgehead atoms. The maximum absolute atomic E-state index is 10.4. The summed E-state index contributed by atoms with van der Waals surface area (Å²) in [6, 6.07) is 4.00. The lowest BCUT2D eigenvalue weighted by molar-refractivity contribution is -0.0511. The highest BCUT2D eigenvalue weighted by molar-refractivity contribution is 7.73. The van der Waals surface area contributed by atoms with Crippen molar-refractivity contribution < 1.29 is 24.8 Å². The molecule has 5 rings (SSSR count). The third-order valence-electron chi connectivity index (χ3n) is 5.73. The van der Waals surface area contributed by atoms with E-state index in [0.717, 1.165) is 21.5 Å². The number of rotatable bonds is 8. The lowest BCUT2D eigenvalue weighted by Gasteiger charge is -2.16. The van der Waals surface area contributed by atoms with Crippen LogP contribution in [0.1, 0.15) is 18.7 Å². The van der Waals surface area contributed by atoms with Gasteiger partial charge in [0.05, 0.1) is 29.8 Å². The van der Waals surface area contributed by atoms with E-state index < -0.39 is 31.1 Å². The molecule has 180 valence electrons. The van der Waals surface area contributed by atoms with Crippen molar-refractivity contribution in [1.82, 2.24) is 24.5 Å². The molecular weight excluding hydrogens is 480 g/mol. The zero-order valence-electron chi connectivity index (χ0n) is 18.2.